The van der Waals surface area contributed by atoms with Crippen molar-refractivity contribution < 1.29 is 4.79 Å². The summed E-state index contributed by atoms with van der Waals surface area (Å²) in [5, 5.41) is 7.03. The Hall–Kier alpha value is -2.21. The van der Waals surface area contributed by atoms with Crippen LogP contribution in [0.25, 0.3) is 0 Å². The van der Waals surface area contributed by atoms with Crippen LogP contribution in [0.5, 0.6) is 0 Å². The van der Waals surface area contributed by atoms with Gasteiger partial charge in [-0.05, 0) is 33.0 Å². The van der Waals surface area contributed by atoms with Crippen molar-refractivity contribution in [3.05, 3.63) is 48.0 Å². The van der Waals surface area contributed by atoms with Crippen LogP contribution in [0.2, 0.25) is 0 Å². The first kappa shape index (κ1) is 16.2. The summed E-state index contributed by atoms with van der Waals surface area (Å²) in [5.41, 5.74) is 2.19. The number of aromatic nitrogens is 3. The van der Waals surface area contributed by atoms with Gasteiger partial charge in [0.05, 0.1) is 0 Å². The molecular weight excluding hydrogens is 278 g/mol. The first-order chi connectivity index (χ1) is 10.6. The molecular formula is C16H23N5O. The Bertz CT molecular complexity index is 577. The summed E-state index contributed by atoms with van der Waals surface area (Å²) in [6, 6.07) is 7.81. The molecule has 1 heterocycles. The number of benzene rings is 1. The van der Waals surface area contributed by atoms with E-state index in [1.165, 1.54) is 11.9 Å². The highest BCUT2D eigenvalue weighted by molar-refractivity contribution is 5.83. The molecule has 1 N–H and O–H groups in total. The van der Waals surface area contributed by atoms with Crippen LogP contribution in [0.1, 0.15) is 23.6 Å². The number of likely N-dealkylation sites (N-methyl/N-ethyl adjacent to an activating group) is 1. The zero-order chi connectivity index (χ0) is 15.9. The molecule has 1 aromatic carbocycles. The molecule has 0 fully saturated rings. The molecule has 0 saturated carbocycles. The standard InChI is InChI=1S/C16H23N5O/c1-13-5-7-14(8-6-13)15(20(2)3)16(22)18-9-4-10-21-12-17-11-19-21/h5-8,11-12,15H,4,9-10H2,1-3H3,(H,18,22). The number of nitrogens with one attached hydrogen (secondary N) is 1. The number of aryl methyl sites for hydroxylation is 2. The van der Waals surface area contributed by atoms with E-state index in [4.69, 9.17) is 0 Å². The van der Waals surface area contributed by atoms with Crippen LogP contribution in [-0.2, 0) is 11.3 Å². The van der Waals surface area contributed by atoms with E-state index in [0.717, 1.165) is 18.5 Å². The average Bonchev–Trinajstić information content (AvgIpc) is 2.99. The Morgan fingerprint density at radius 3 is 2.64 bits per heavy atom. The minimum atomic E-state index is -0.271. The molecule has 2 rings (SSSR count). The quantitative estimate of drug-likeness (QED) is 0.785. The number of hydrogen-bond acceptors (Lipinski definition) is 4. The van der Waals surface area contributed by atoms with E-state index < -0.39 is 0 Å². The van der Waals surface area contributed by atoms with Crippen molar-refractivity contribution >= 4 is 5.91 Å². The second kappa shape index (κ2) is 7.70. The lowest BCUT2D eigenvalue weighted by Crippen LogP contribution is -2.37. The number of nitrogens with zero attached hydrogens (tertiary/aromatic N) is 4. The highest BCUT2D eigenvalue weighted by Crippen LogP contribution is 2.18. The van der Waals surface area contributed by atoms with E-state index >= 15 is 0 Å². The van der Waals surface area contributed by atoms with Crippen molar-refractivity contribution in [1.29, 1.82) is 0 Å². The molecule has 6 heteroatoms. The van der Waals surface area contributed by atoms with Gasteiger partial charge in [0.25, 0.3) is 0 Å². The van der Waals surface area contributed by atoms with Gasteiger partial charge >= 0.3 is 0 Å². The van der Waals surface area contributed by atoms with E-state index in [1.807, 2.05) is 50.2 Å². The molecule has 1 amide bonds. The molecule has 6 nitrogen and oxygen atoms in total. The maximum atomic E-state index is 12.4. The van der Waals surface area contributed by atoms with E-state index in [-0.39, 0.29) is 11.9 Å². The molecule has 1 aromatic heterocycles. The minimum Gasteiger partial charge on any atom is -0.354 e. The largest absolute Gasteiger partial charge is 0.354 e. The predicted molar refractivity (Wildman–Crippen MR) is 85.3 cm³/mol. The van der Waals surface area contributed by atoms with Crippen LogP contribution in [0.4, 0.5) is 0 Å². The van der Waals surface area contributed by atoms with Crippen molar-refractivity contribution in [3.8, 4) is 0 Å². The van der Waals surface area contributed by atoms with Crippen molar-refractivity contribution in [2.45, 2.75) is 25.9 Å². The molecule has 118 valence electrons. The Morgan fingerprint density at radius 2 is 2.05 bits per heavy atom. The number of carbonyl (C=O) groups is 1. The summed E-state index contributed by atoms with van der Waals surface area (Å²) in [4.78, 5) is 18.3. The van der Waals surface area contributed by atoms with Gasteiger partial charge in [0.1, 0.15) is 18.7 Å². The second-order valence-electron chi connectivity index (χ2n) is 5.58. The van der Waals surface area contributed by atoms with Gasteiger partial charge in [-0.3, -0.25) is 14.4 Å². The SMILES string of the molecule is Cc1ccc(C(C(=O)NCCCn2cncn2)N(C)C)cc1. The predicted octanol–water partition coefficient (Wildman–Crippen LogP) is 1.40. The molecule has 1 unspecified atom stereocenters. The maximum absolute atomic E-state index is 12.4. The molecule has 0 spiro atoms. The average molecular weight is 301 g/mol. The highest BCUT2D eigenvalue weighted by Gasteiger charge is 2.22. The fraction of sp³-hybridized carbons (Fsp3) is 0.438. The minimum absolute atomic E-state index is 0.0208. The maximum Gasteiger partial charge on any atom is 0.241 e. The van der Waals surface area contributed by atoms with Gasteiger partial charge in [0, 0.05) is 13.1 Å². The smallest absolute Gasteiger partial charge is 0.241 e. The summed E-state index contributed by atoms with van der Waals surface area (Å²) in [7, 11) is 3.83. The summed E-state index contributed by atoms with van der Waals surface area (Å²) in [5.74, 6) is 0.0208. The van der Waals surface area contributed by atoms with Crippen LogP contribution in [0.3, 0.4) is 0 Å². The molecule has 0 saturated heterocycles. The Balaban J connectivity index is 1.88. The molecule has 0 aliphatic rings. The van der Waals surface area contributed by atoms with Crippen molar-refractivity contribution in [2.75, 3.05) is 20.6 Å². The van der Waals surface area contributed by atoms with Gasteiger partial charge < -0.3 is 5.32 Å². The van der Waals surface area contributed by atoms with E-state index in [1.54, 1.807) is 11.0 Å². The van der Waals surface area contributed by atoms with Gasteiger partial charge in [0.15, 0.2) is 0 Å². The van der Waals surface area contributed by atoms with Gasteiger partial charge in [-0.1, -0.05) is 29.8 Å². The topological polar surface area (TPSA) is 63.1 Å². The Labute approximate surface area is 131 Å². The highest BCUT2D eigenvalue weighted by atomic mass is 16.2. The molecule has 0 bridgehead atoms. The van der Waals surface area contributed by atoms with E-state index in [0.29, 0.717) is 6.54 Å². The molecule has 0 radical (unpaired) electrons. The van der Waals surface area contributed by atoms with Crippen LogP contribution < -0.4 is 5.32 Å². The van der Waals surface area contributed by atoms with Gasteiger partial charge in [-0.25, -0.2) is 4.98 Å². The number of hydrogen-bond donors (Lipinski definition) is 1. The molecule has 22 heavy (non-hydrogen) atoms. The first-order valence-electron chi connectivity index (χ1n) is 7.41. The first-order valence-corrected chi connectivity index (χ1v) is 7.41. The monoisotopic (exact) mass is 301 g/mol. The van der Waals surface area contributed by atoms with Gasteiger partial charge in [-0.15, -0.1) is 0 Å². The van der Waals surface area contributed by atoms with Crippen LogP contribution in [0.15, 0.2) is 36.9 Å². The lowest BCUT2D eigenvalue weighted by Gasteiger charge is -2.24. The fourth-order valence-electron chi connectivity index (χ4n) is 2.33. The van der Waals surface area contributed by atoms with Crippen LogP contribution in [0, 0.1) is 6.92 Å². The van der Waals surface area contributed by atoms with E-state index in [2.05, 4.69) is 15.4 Å². The molecule has 1 atom stereocenters. The zero-order valence-electron chi connectivity index (χ0n) is 13.4. The number of rotatable bonds is 7. The third-order valence-electron chi connectivity index (χ3n) is 3.49. The lowest BCUT2D eigenvalue weighted by atomic mass is 10.0. The Morgan fingerprint density at radius 1 is 1.32 bits per heavy atom. The lowest BCUT2D eigenvalue weighted by molar-refractivity contribution is -0.125. The van der Waals surface area contributed by atoms with E-state index in [9.17, 15) is 4.79 Å². The fourth-order valence-corrected chi connectivity index (χ4v) is 2.33. The van der Waals surface area contributed by atoms with Gasteiger partial charge in [-0.2, -0.15) is 5.10 Å². The molecule has 2 aromatic rings. The van der Waals surface area contributed by atoms with Crippen molar-refractivity contribution in [3.63, 3.8) is 0 Å². The van der Waals surface area contributed by atoms with Crippen molar-refractivity contribution in [1.82, 2.24) is 25.0 Å². The third-order valence-corrected chi connectivity index (χ3v) is 3.49. The Kier molecular flexibility index (Phi) is 5.66. The van der Waals surface area contributed by atoms with Crippen molar-refractivity contribution in [2.24, 2.45) is 0 Å². The number of carbonyl (C=O) groups excluding carboxylic acids is 1. The second-order valence-corrected chi connectivity index (χ2v) is 5.58. The normalized spacial score (nSPS) is 12.4. The summed E-state index contributed by atoms with van der Waals surface area (Å²) in [6.45, 7) is 3.41. The summed E-state index contributed by atoms with van der Waals surface area (Å²) < 4.78 is 1.76. The van der Waals surface area contributed by atoms with Gasteiger partial charge in [0.2, 0.25) is 5.91 Å². The summed E-state index contributed by atoms with van der Waals surface area (Å²) in [6.07, 6.45) is 4.01. The third kappa shape index (κ3) is 4.39. The van der Waals surface area contributed by atoms with Crippen LogP contribution in [-0.4, -0.2) is 46.2 Å². The number of amides is 1. The summed E-state index contributed by atoms with van der Waals surface area (Å²) >= 11 is 0. The molecule has 0 aliphatic heterocycles. The molecule has 0 aliphatic carbocycles. The van der Waals surface area contributed by atoms with Crippen LogP contribution >= 0.6 is 0 Å². The zero-order valence-corrected chi connectivity index (χ0v) is 13.4.